The zero-order valence-corrected chi connectivity index (χ0v) is 22.4. The Kier molecular flexibility index (Phi) is 6.75. The molecule has 1 saturated heterocycles. The van der Waals surface area contributed by atoms with Crippen LogP contribution in [0.15, 0.2) is 30.3 Å². The van der Waals surface area contributed by atoms with E-state index >= 15 is 0 Å². The van der Waals surface area contributed by atoms with Crippen LogP contribution in [-0.4, -0.2) is 26.4 Å². The van der Waals surface area contributed by atoms with E-state index in [2.05, 4.69) is 53.0 Å². The first-order valence-corrected chi connectivity index (χ1v) is 14.1. The Hall–Kier alpha value is -1.61. The van der Waals surface area contributed by atoms with Crippen LogP contribution in [0.3, 0.4) is 0 Å². The maximum atomic E-state index is 14.9. The third-order valence-corrected chi connectivity index (χ3v) is 14.1. The topological polar surface area (TPSA) is 18.5 Å². The van der Waals surface area contributed by atoms with Gasteiger partial charge in [0.25, 0.3) is 0 Å². The quantitative estimate of drug-likeness (QED) is 0.373. The molecule has 2 aromatic carbocycles. The molecule has 1 heterocycles. The fourth-order valence-electron chi connectivity index (χ4n) is 5.28. The number of hydrogen-bond donors (Lipinski definition) is 0. The van der Waals surface area contributed by atoms with E-state index in [0.717, 1.165) is 16.4 Å². The third kappa shape index (κ3) is 4.06. The Labute approximate surface area is 195 Å². The number of fused-ring (bicyclic) bond motifs is 1. The monoisotopic (exact) mass is 452 g/mol. The van der Waals surface area contributed by atoms with Crippen molar-refractivity contribution >= 4 is 31.4 Å². The Morgan fingerprint density at radius 3 is 1.88 bits per heavy atom. The number of hydrogen-bond acceptors (Lipinski definition) is 2. The number of rotatable bonds is 4. The van der Waals surface area contributed by atoms with Gasteiger partial charge in [-0.2, -0.15) is 0 Å². The molecule has 0 N–H and O–H groups in total. The van der Waals surface area contributed by atoms with E-state index in [1.54, 1.807) is 6.07 Å². The molecule has 5 heteroatoms. The van der Waals surface area contributed by atoms with Crippen molar-refractivity contribution in [1.82, 2.24) is 0 Å². The van der Waals surface area contributed by atoms with Gasteiger partial charge in [-0.25, -0.2) is 4.39 Å². The van der Waals surface area contributed by atoms with Crippen molar-refractivity contribution < 1.29 is 13.7 Å². The normalized spacial score (nSPS) is 18.0. The van der Waals surface area contributed by atoms with E-state index in [1.807, 2.05) is 45.9 Å². The fraction of sp³-hybridized carbons (Fsp3) is 0.556. The predicted octanol–water partition coefficient (Wildman–Crippen LogP) is 6.85. The zero-order valence-electron chi connectivity index (χ0n) is 21.4. The van der Waals surface area contributed by atoms with Gasteiger partial charge in [-0.1, -0.05) is 65.7 Å². The van der Waals surface area contributed by atoms with Crippen LogP contribution in [-0.2, 0) is 9.31 Å². The van der Waals surface area contributed by atoms with E-state index in [0.29, 0.717) is 22.0 Å². The summed E-state index contributed by atoms with van der Waals surface area (Å²) in [6.07, 6.45) is 0. The summed E-state index contributed by atoms with van der Waals surface area (Å²) < 4.78 is 27.5. The lowest BCUT2D eigenvalue weighted by molar-refractivity contribution is 0.00578. The molecule has 0 unspecified atom stereocenters. The van der Waals surface area contributed by atoms with Crippen molar-refractivity contribution in [2.45, 2.75) is 97.1 Å². The molecular weight excluding hydrogens is 414 g/mol. The minimum Gasteiger partial charge on any atom is -0.399 e. The van der Waals surface area contributed by atoms with Gasteiger partial charge < -0.3 is 9.31 Å². The van der Waals surface area contributed by atoms with Gasteiger partial charge in [0.05, 0.1) is 11.2 Å². The summed E-state index contributed by atoms with van der Waals surface area (Å²) in [5, 5.41) is 1.37. The SMILES string of the molecule is CC(C)[Si](C#Cc1cccc2c(F)ccc(B3OC(C)(C)C(C)(C)O3)c12)(C(C)C)C(C)C. The van der Waals surface area contributed by atoms with Crippen molar-refractivity contribution in [1.29, 1.82) is 0 Å². The molecule has 0 saturated carbocycles. The van der Waals surface area contributed by atoms with E-state index in [9.17, 15) is 4.39 Å². The first-order valence-electron chi connectivity index (χ1n) is 11.8. The van der Waals surface area contributed by atoms with Crippen molar-refractivity contribution in [3.8, 4) is 11.5 Å². The predicted molar refractivity (Wildman–Crippen MR) is 138 cm³/mol. The summed E-state index contributed by atoms with van der Waals surface area (Å²) in [5.74, 6) is 3.29. The van der Waals surface area contributed by atoms with E-state index in [-0.39, 0.29) is 5.82 Å². The summed E-state index contributed by atoms with van der Waals surface area (Å²) in [5.41, 5.74) is 6.16. The van der Waals surface area contributed by atoms with Crippen LogP contribution in [0.1, 0.15) is 74.8 Å². The van der Waals surface area contributed by atoms with Gasteiger partial charge in [-0.05, 0) is 67.3 Å². The summed E-state index contributed by atoms with van der Waals surface area (Å²) in [7, 11) is -2.49. The molecule has 0 aliphatic carbocycles. The Balaban J connectivity index is 2.24. The Morgan fingerprint density at radius 2 is 1.38 bits per heavy atom. The van der Waals surface area contributed by atoms with Crippen LogP contribution in [0.2, 0.25) is 16.6 Å². The second-order valence-electron chi connectivity index (χ2n) is 11.1. The van der Waals surface area contributed by atoms with Crippen LogP contribution in [0, 0.1) is 17.3 Å². The smallest absolute Gasteiger partial charge is 0.399 e. The highest BCUT2D eigenvalue weighted by atomic mass is 28.3. The van der Waals surface area contributed by atoms with Crippen molar-refractivity contribution in [3.05, 3.63) is 41.7 Å². The van der Waals surface area contributed by atoms with Gasteiger partial charge in [-0.15, -0.1) is 5.54 Å². The lowest BCUT2D eigenvalue weighted by Crippen LogP contribution is -2.43. The van der Waals surface area contributed by atoms with Gasteiger partial charge in [-0.3, -0.25) is 0 Å². The van der Waals surface area contributed by atoms with Crippen molar-refractivity contribution in [3.63, 3.8) is 0 Å². The molecule has 3 rings (SSSR count). The molecule has 0 spiro atoms. The molecule has 0 aromatic heterocycles. The van der Waals surface area contributed by atoms with Crippen LogP contribution in [0.5, 0.6) is 0 Å². The third-order valence-electron chi connectivity index (χ3n) is 7.81. The number of halogens is 1. The van der Waals surface area contributed by atoms with Crippen LogP contribution in [0.4, 0.5) is 4.39 Å². The molecule has 2 nitrogen and oxygen atoms in total. The maximum Gasteiger partial charge on any atom is 0.495 e. The average molecular weight is 452 g/mol. The standard InChI is InChI=1S/C27H38BFO2Si/c1-18(2)32(19(3)4,20(5)6)17-16-21-12-11-13-22-24(29)15-14-23(25(21)22)28-30-26(7,8)27(9,10)31-28/h11-15,18-20H,1-10H3. The van der Waals surface area contributed by atoms with Crippen molar-refractivity contribution in [2.24, 2.45) is 0 Å². The molecule has 2 aromatic rings. The number of benzene rings is 2. The minimum atomic E-state index is -1.92. The first kappa shape index (κ1) is 25.0. The van der Waals surface area contributed by atoms with Crippen LogP contribution < -0.4 is 5.46 Å². The Bertz CT molecular complexity index is 1020. The second kappa shape index (κ2) is 8.63. The van der Waals surface area contributed by atoms with E-state index in [4.69, 9.17) is 9.31 Å². The molecule has 32 heavy (non-hydrogen) atoms. The first-order chi connectivity index (χ1) is 14.7. The molecule has 0 atom stereocenters. The van der Waals surface area contributed by atoms with Crippen LogP contribution >= 0.6 is 0 Å². The summed E-state index contributed by atoms with van der Waals surface area (Å²) in [6, 6.07) is 9.03. The van der Waals surface area contributed by atoms with Gasteiger partial charge in [0.2, 0.25) is 0 Å². The molecule has 1 aliphatic heterocycles. The summed E-state index contributed by atoms with van der Waals surface area (Å²) in [4.78, 5) is 0. The molecule has 1 fully saturated rings. The Morgan fingerprint density at radius 1 is 0.844 bits per heavy atom. The van der Waals surface area contributed by atoms with Crippen LogP contribution in [0.25, 0.3) is 10.8 Å². The summed E-state index contributed by atoms with van der Waals surface area (Å²) in [6.45, 7) is 22.0. The zero-order chi connectivity index (χ0) is 24.1. The average Bonchev–Trinajstić information content (AvgIpc) is 2.89. The van der Waals surface area contributed by atoms with Gasteiger partial charge in [0.15, 0.2) is 0 Å². The lowest BCUT2D eigenvalue weighted by Gasteiger charge is -2.38. The van der Waals surface area contributed by atoms with Gasteiger partial charge >= 0.3 is 7.12 Å². The maximum absolute atomic E-state index is 14.9. The fourth-order valence-corrected chi connectivity index (χ4v) is 10.5. The molecule has 0 bridgehead atoms. The lowest BCUT2D eigenvalue weighted by atomic mass is 9.75. The highest BCUT2D eigenvalue weighted by molar-refractivity contribution is 6.90. The highest BCUT2D eigenvalue weighted by Crippen LogP contribution is 2.41. The van der Waals surface area contributed by atoms with Gasteiger partial charge in [0, 0.05) is 10.9 Å². The largest absolute Gasteiger partial charge is 0.495 e. The molecule has 1 aliphatic rings. The van der Waals surface area contributed by atoms with E-state index < -0.39 is 26.4 Å². The van der Waals surface area contributed by atoms with Crippen molar-refractivity contribution in [2.75, 3.05) is 0 Å². The molecule has 0 radical (unpaired) electrons. The van der Waals surface area contributed by atoms with Gasteiger partial charge in [0.1, 0.15) is 13.9 Å². The highest BCUT2D eigenvalue weighted by Gasteiger charge is 2.52. The minimum absolute atomic E-state index is 0.246. The summed E-state index contributed by atoms with van der Waals surface area (Å²) >= 11 is 0. The molecule has 0 amide bonds. The second-order valence-corrected chi connectivity index (χ2v) is 16.7. The molecular formula is C27H38BFO2Si. The molecule has 172 valence electrons. The van der Waals surface area contributed by atoms with E-state index in [1.165, 1.54) is 6.07 Å².